The fraction of sp³-hybridized carbons (Fsp3) is 0.600. The fourth-order valence-corrected chi connectivity index (χ4v) is 3.08. The van der Waals surface area contributed by atoms with E-state index in [4.69, 9.17) is 0 Å². The molecular weight excluding hydrogens is 314 g/mol. The van der Waals surface area contributed by atoms with Crippen molar-refractivity contribution in [2.75, 3.05) is 4.72 Å². The molecule has 2 heterocycles. The Labute approximate surface area is 137 Å². The molecule has 0 saturated heterocycles. The molecule has 0 fully saturated rings. The molecule has 2 aromatic heterocycles. The zero-order valence-electron chi connectivity index (χ0n) is 14.7. The van der Waals surface area contributed by atoms with Gasteiger partial charge < -0.3 is 0 Å². The molecule has 2 aromatic rings. The molecule has 0 unspecified atom stereocenters. The first kappa shape index (κ1) is 17.5. The van der Waals surface area contributed by atoms with Crippen molar-refractivity contribution in [1.82, 2.24) is 19.6 Å². The highest BCUT2D eigenvalue weighted by molar-refractivity contribution is 7.92. The van der Waals surface area contributed by atoms with Gasteiger partial charge in [-0.15, -0.1) is 0 Å². The maximum atomic E-state index is 12.5. The topological polar surface area (TPSA) is 81.8 Å². The van der Waals surface area contributed by atoms with Crippen LogP contribution in [0.15, 0.2) is 23.4 Å². The van der Waals surface area contributed by atoms with E-state index >= 15 is 0 Å². The summed E-state index contributed by atoms with van der Waals surface area (Å²) >= 11 is 0. The Kier molecular flexibility index (Phi) is 4.09. The van der Waals surface area contributed by atoms with Crippen LogP contribution in [-0.4, -0.2) is 28.0 Å². The number of hydrogen-bond donors (Lipinski definition) is 1. The predicted octanol–water partition coefficient (Wildman–Crippen LogP) is 2.47. The van der Waals surface area contributed by atoms with Gasteiger partial charge in [-0.05, 0) is 20.8 Å². The molecular formula is C15H25N5O2S. The second-order valence-corrected chi connectivity index (χ2v) is 9.39. The van der Waals surface area contributed by atoms with E-state index in [0.29, 0.717) is 5.82 Å². The van der Waals surface area contributed by atoms with E-state index in [-0.39, 0.29) is 15.8 Å². The maximum Gasteiger partial charge on any atom is 0.266 e. The van der Waals surface area contributed by atoms with E-state index in [1.807, 2.05) is 41.5 Å². The summed E-state index contributed by atoms with van der Waals surface area (Å²) in [6.07, 6.45) is 2.79. The molecule has 0 atom stereocenters. The number of nitrogens with zero attached hydrogens (tertiary/aromatic N) is 4. The highest BCUT2D eigenvalue weighted by Crippen LogP contribution is 2.29. The van der Waals surface area contributed by atoms with Crippen molar-refractivity contribution in [1.29, 1.82) is 0 Å². The minimum absolute atomic E-state index is 0.124. The molecule has 0 spiro atoms. The van der Waals surface area contributed by atoms with Crippen LogP contribution < -0.4 is 4.72 Å². The third-order valence-corrected chi connectivity index (χ3v) is 4.65. The first-order chi connectivity index (χ1) is 10.3. The van der Waals surface area contributed by atoms with Crippen LogP contribution in [0.4, 0.5) is 5.82 Å². The lowest BCUT2D eigenvalue weighted by Gasteiger charge is -2.23. The smallest absolute Gasteiger partial charge is 0.266 e. The summed E-state index contributed by atoms with van der Waals surface area (Å²) in [6, 6.07) is 1.79. The van der Waals surface area contributed by atoms with Crippen molar-refractivity contribution < 1.29 is 8.42 Å². The molecule has 8 heteroatoms. The van der Waals surface area contributed by atoms with Gasteiger partial charge in [0.25, 0.3) is 10.0 Å². The molecule has 0 radical (unpaired) electrons. The van der Waals surface area contributed by atoms with E-state index in [2.05, 4.69) is 14.9 Å². The second kappa shape index (κ2) is 5.36. The quantitative estimate of drug-likeness (QED) is 0.931. The zero-order chi connectivity index (χ0) is 17.6. The number of aromatic nitrogens is 4. The molecule has 0 aliphatic carbocycles. The number of anilines is 1. The lowest BCUT2D eigenvalue weighted by molar-refractivity contribution is 0.354. The van der Waals surface area contributed by atoms with E-state index in [9.17, 15) is 8.42 Å². The minimum Gasteiger partial charge on any atom is -0.274 e. The molecule has 2 rings (SSSR count). The summed E-state index contributed by atoms with van der Waals surface area (Å²) in [5.41, 5.74) is 0.303. The van der Waals surface area contributed by atoms with Crippen LogP contribution in [0, 0.1) is 0 Å². The van der Waals surface area contributed by atoms with Crippen molar-refractivity contribution in [3.63, 3.8) is 0 Å². The summed E-state index contributed by atoms with van der Waals surface area (Å²) in [5, 5.41) is 8.52. The maximum absolute atomic E-state index is 12.5. The van der Waals surface area contributed by atoms with Crippen molar-refractivity contribution in [2.24, 2.45) is 7.05 Å². The van der Waals surface area contributed by atoms with E-state index in [1.165, 1.54) is 17.1 Å². The first-order valence-electron chi connectivity index (χ1n) is 7.43. The highest BCUT2D eigenvalue weighted by Gasteiger charge is 2.27. The molecule has 0 aromatic carbocycles. The molecule has 0 aliphatic heterocycles. The van der Waals surface area contributed by atoms with E-state index in [1.54, 1.807) is 17.8 Å². The SMILES string of the molecule is Cn1cc(S(=O)(=O)Nc2cc(C(C)(C)C)nn2C(C)(C)C)cn1. The van der Waals surface area contributed by atoms with Crippen LogP contribution in [0.25, 0.3) is 0 Å². The van der Waals surface area contributed by atoms with Gasteiger partial charge in [-0.1, -0.05) is 20.8 Å². The van der Waals surface area contributed by atoms with Gasteiger partial charge in [-0.2, -0.15) is 10.2 Å². The van der Waals surface area contributed by atoms with Crippen molar-refractivity contribution in [2.45, 2.75) is 57.4 Å². The van der Waals surface area contributed by atoms with Crippen LogP contribution in [0.1, 0.15) is 47.2 Å². The van der Waals surface area contributed by atoms with Crippen molar-refractivity contribution in [3.05, 3.63) is 24.2 Å². The van der Waals surface area contributed by atoms with Crippen molar-refractivity contribution >= 4 is 15.8 Å². The Balaban J connectivity index is 2.49. The summed E-state index contributed by atoms with van der Waals surface area (Å²) in [5.74, 6) is 0.450. The minimum atomic E-state index is -3.70. The van der Waals surface area contributed by atoms with Gasteiger partial charge in [0.2, 0.25) is 0 Å². The van der Waals surface area contributed by atoms with Crippen LogP contribution in [-0.2, 0) is 28.0 Å². The highest BCUT2D eigenvalue weighted by atomic mass is 32.2. The molecule has 0 bridgehead atoms. The number of nitrogens with one attached hydrogen (secondary N) is 1. The van der Waals surface area contributed by atoms with Gasteiger partial charge in [0, 0.05) is 24.7 Å². The van der Waals surface area contributed by atoms with Crippen LogP contribution >= 0.6 is 0 Å². The number of aryl methyl sites for hydroxylation is 1. The third kappa shape index (κ3) is 3.74. The Morgan fingerprint density at radius 3 is 2.17 bits per heavy atom. The van der Waals surface area contributed by atoms with E-state index < -0.39 is 10.0 Å². The molecule has 7 nitrogen and oxygen atoms in total. The molecule has 0 aliphatic rings. The fourth-order valence-electron chi connectivity index (χ4n) is 2.07. The standard InChI is InChI=1S/C15H25N5O2S/c1-14(2,3)12-8-13(20(17-12)15(4,5)6)18-23(21,22)11-9-16-19(7)10-11/h8-10,18H,1-7H3. The zero-order valence-corrected chi connectivity index (χ0v) is 15.6. The van der Waals surface area contributed by atoms with Gasteiger partial charge in [-0.3, -0.25) is 9.40 Å². The van der Waals surface area contributed by atoms with Gasteiger partial charge in [0.1, 0.15) is 10.7 Å². The molecule has 23 heavy (non-hydrogen) atoms. The first-order valence-corrected chi connectivity index (χ1v) is 8.91. The number of rotatable bonds is 3. The summed E-state index contributed by atoms with van der Waals surface area (Å²) in [4.78, 5) is 0.124. The Morgan fingerprint density at radius 1 is 1.13 bits per heavy atom. The summed E-state index contributed by atoms with van der Waals surface area (Å²) in [6.45, 7) is 12.1. The third-order valence-electron chi connectivity index (χ3n) is 3.34. The van der Waals surface area contributed by atoms with Crippen LogP contribution in [0.2, 0.25) is 0 Å². The number of hydrogen-bond acceptors (Lipinski definition) is 4. The Bertz CT molecular complexity index is 804. The number of sulfonamides is 1. The average molecular weight is 339 g/mol. The molecule has 128 valence electrons. The predicted molar refractivity (Wildman–Crippen MR) is 89.9 cm³/mol. The molecule has 1 N–H and O–H groups in total. The average Bonchev–Trinajstić information content (AvgIpc) is 2.93. The molecule has 0 amide bonds. The normalized spacial score (nSPS) is 13.3. The lowest BCUT2D eigenvalue weighted by atomic mass is 9.92. The monoisotopic (exact) mass is 339 g/mol. The Hall–Kier alpha value is -1.83. The lowest BCUT2D eigenvalue weighted by Crippen LogP contribution is -2.27. The summed E-state index contributed by atoms with van der Waals surface area (Å²) in [7, 11) is -2.02. The van der Waals surface area contributed by atoms with Gasteiger partial charge in [0.15, 0.2) is 0 Å². The van der Waals surface area contributed by atoms with Crippen molar-refractivity contribution in [3.8, 4) is 0 Å². The Morgan fingerprint density at radius 2 is 1.74 bits per heavy atom. The van der Waals surface area contributed by atoms with Gasteiger partial charge >= 0.3 is 0 Å². The van der Waals surface area contributed by atoms with Crippen LogP contribution in [0.5, 0.6) is 0 Å². The largest absolute Gasteiger partial charge is 0.274 e. The van der Waals surface area contributed by atoms with Gasteiger partial charge in [0.05, 0.1) is 17.4 Å². The second-order valence-electron chi connectivity index (χ2n) is 7.70. The van der Waals surface area contributed by atoms with E-state index in [0.717, 1.165) is 5.69 Å². The summed E-state index contributed by atoms with van der Waals surface area (Å²) < 4.78 is 30.9. The molecule has 0 saturated carbocycles. The van der Waals surface area contributed by atoms with Gasteiger partial charge in [-0.25, -0.2) is 13.1 Å². The van der Waals surface area contributed by atoms with Crippen LogP contribution in [0.3, 0.4) is 0 Å².